The topological polar surface area (TPSA) is 78.5 Å². The van der Waals surface area contributed by atoms with Gasteiger partial charge in [0, 0.05) is 5.02 Å². The maximum Gasteiger partial charge on any atom is 0.0807 e. The highest BCUT2D eigenvalue weighted by molar-refractivity contribution is 6.31. The molecule has 15 heavy (non-hydrogen) atoms. The lowest BCUT2D eigenvalue weighted by Crippen LogP contribution is -2.42. The molecule has 0 fully saturated rings. The summed E-state index contributed by atoms with van der Waals surface area (Å²) in [6.07, 6.45) is 0. The van der Waals surface area contributed by atoms with Crippen LogP contribution in [-0.4, -0.2) is 29.0 Å². The summed E-state index contributed by atoms with van der Waals surface area (Å²) in [5.74, 6) is 0. The van der Waals surface area contributed by atoms with Crippen molar-refractivity contribution in [2.75, 3.05) is 24.3 Å². The molecule has 0 spiro atoms. The van der Waals surface area contributed by atoms with Gasteiger partial charge in [-0.05, 0) is 25.1 Å². The van der Waals surface area contributed by atoms with Crippen molar-refractivity contribution >= 4 is 23.0 Å². The number of nitrogens with two attached hydrogens (primary N) is 1. The number of benzene rings is 1. The Morgan fingerprint density at radius 1 is 1.40 bits per heavy atom. The van der Waals surface area contributed by atoms with E-state index in [9.17, 15) is 0 Å². The molecule has 0 aliphatic carbocycles. The average molecular weight is 231 g/mol. The standard InChI is InChI=1S/C10H15ClN2O2/c1-10(5-14,6-15)13-9-4-7(11)2-3-8(9)12/h2-4,13-15H,5-6,12H2,1H3. The van der Waals surface area contributed by atoms with Gasteiger partial charge in [-0.25, -0.2) is 0 Å². The fourth-order valence-corrected chi connectivity index (χ4v) is 1.26. The number of aliphatic hydroxyl groups excluding tert-OH is 2. The molecule has 0 heterocycles. The average Bonchev–Trinajstić information content (AvgIpc) is 2.23. The maximum atomic E-state index is 9.11. The highest BCUT2D eigenvalue weighted by Crippen LogP contribution is 2.25. The molecule has 0 aromatic heterocycles. The highest BCUT2D eigenvalue weighted by Gasteiger charge is 2.22. The van der Waals surface area contributed by atoms with Crippen LogP contribution in [0.3, 0.4) is 0 Å². The van der Waals surface area contributed by atoms with Gasteiger partial charge >= 0.3 is 0 Å². The van der Waals surface area contributed by atoms with E-state index in [1.165, 1.54) is 0 Å². The van der Waals surface area contributed by atoms with Crippen LogP contribution in [0.15, 0.2) is 18.2 Å². The first-order chi connectivity index (χ1) is 7.00. The molecule has 84 valence electrons. The molecule has 0 unspecified atom stereocenters. The summed E-state index contributed by atoms with van der Waals surface area (Å²) in [6.45, 7) is 1.29. The minimum atomic E-state index is -0.807. The van der Waals surface area contributed by atoms with Crippen LogP contribution in [0.2, 0.25) is 5.02 Å². The molecule has 5 heteroatoms. The summed E-state index contributed by atoms with van der Waals surface area (Å²) in [5, 5.41) is 21.7. The monoisotopic (exact) mass is 230 g/mol. The van der Waals surface area contributed by atoms with E-state index in [0.717, 1.165) is 0 Å². The fraction of sp³-hybridized carbons (Fsp3) is 0.400. The van der Waals surface area contributed by atoms with E-state index in [1.807, 2.05) is 0 Å². The van der Waals surface area contributed by atoms with Gasteiger partial charge < -0.3 is 21.3 Å². The van der Waals surface area contributed by atoms with Gasteiger partial charge in [0.1, 0.15) is 0 Å². The molecule has 1 aromatic carbocycles. The minimum Gasteiger partial charge on any atom is -0.397 e. The first-order valence-electron chi connectivity index (χ1n) is 4.56. The Balaban J connectivity index is 2.92. The summed E-state index contributed by atoms with van der Waals surface area (Å²) in [6, 6.07) is 5.00. The van der Waals surface area contributed by atoms with E-state index < -0.39 is 5.54 Å². The van der Waals surface area contributed by atoms with E-state index in [2.05, 4.69) is 5.32 Å². The Morgan fingerprint density at radius 3 is 2.53 bits per heavy atom. The molecule has 0 radical (unpaired) electrons. The second-order valence-corrected chi connectivity index (χ2v) is 4.17. The van der Waals surface area contributed by atoms with Gasteiger partial charge in [0.05, 0.1) is 30.1 Å². The number of hydrogen-bond donors (Lipinski definition) is 4. The number of halogens is 1. The normalized spacial score (nSPS) is 11.5. The van der Waals surface area contributed by atoms with Gasteiger partial charge in [0.2, 0.25) is 0 Å². The van der Waals surface area contributed by atoms with Crippen molar-refractivity contribution in [3.8, 4) is 0 Å². The lowest BCUT2D eigenvalue weighted by atomic mass is 10.0. The number of anilines is 2. The van der Waals surface area contributed by atoms with Crippen LogP contribution in [0, 0.1) is 0 Å². The summed E-state index contributed by atoms with van der Waals surface area (Å²) in [7, 11) is 0. The second kappa shape index (κ2) is 4.70. The first kappa shape index (κ1) is 12.1. The van der Waals surface area contributed by atoms with Gasteiger partial charge in [-0.15, -0.1) is 0 Å². The molecule has 1 aromatic rings. The predicted molar refractivity (Wildman–Crippen MR) is 62.1 cm³/mol. The third-order valence-corrected chi connectivity index (χ3v) is 2.38. The van der Waals surface area contributed by atoms with Crippen molar-refractivity contribution in [2.45, 2.75) is 12.5 Å². The van der Waals surface area contributed by atoms with E-state index in [1.54, 1.807) is 25.1 Å². The summed E-state index contributed by atoms with van der Waals surface area (Å²) < 4.78 is 0. The SMILES string of the molecule is CC(CO)(CO)Nc1cc(Cl)ccc1N. The van der Waals surface area contributed by atoms with Gasteiger partial charge in [-0.2, -0.15) is 0 Å². The van der Waals surface area contributed by atoms with E-state index in [-0.39, 0.29) is 13.2 Å². The van der Waals surface area contributed by atoms with Crippen LogP contribution in [0.4, 0.5) is 11.4 Å². The lowest BCUT2D eigenvalue weighted by molar-refractivity contribution is 0.147. The number of hydrogen-bond acceptors (Lipinski definition) is 4. The van der Waals surface area contributed by atoms with Crippen molar-refractivity contribution in [1.29, 1.82) is 0 Å². The van der Waals surface area contributed by atoms with Crippen molar-refractivity contribution in [3.05, 3.63) is 23.2 Å². The van der Waals surface area contributed by atoms with Crippen LogP contribution in [-0.2, 0) is 0 Å². The van der Waals surface area contributed by atoms with Crippen LogP contribution in [0.5, 0.6) is 0 Å². The number of aliphatic hydroxyl groups is 2. The Kier molecular flexibility index (Phi) is 3.79. The number of nitrogens with one attached hydrogen (secondary N) is 1. The van der Waals surface area contributed by atoms with Crippen molar-refractivity contribution in [3.63, 3.8) is 0 Å². The zero-order valence-electron chi connectivity index (χ0n) is 8.50. The first-order valence-corrected chi connectivity index (χ1v) is 4.93. The fourth-order valence-electron chi connectivity index (χ4n) is 1.09. The zero-order chi connectivity index (χ0) is 11.5. The minimum absolute atomic E-state index is 0.199. The van der Waals surface area contributed by atoms with Crippen molar-refractivity contribution in [1.82, 2.24) is 0 Å². The molecular weight excluding hydrogens is 216 g/mol. The predicted octanol–water partition coefficient (Wildman–Crippen LogP) is 1.08. The number of rotatable bonds is 4. The van der Waals surface area contributed by atoms with Crippen LogP contribution >= 0.6 is 11.6 Å². The van der Waals surface area contributed by atoms with Gasteiger partial charge in [0.25, 0.3) is 0 Å². The van der Waals surface area contributed by atoms with Gasteiger partial charge in [0.15, 0.2) is 0 Å². The molecule has 0 bridgehead atoms. The summed E-state index contributed by atoms with van der Waals surface area (Å²) in [4.78, 5) is 0. The largest absolute Gasteiger partial charge is 0.397 e. The molecule has 0 saturated heterocycles. The van der Waals surface area contributed by atoms with Crippen molar-refractivity contribution in [2.24, 2.45) is 0 Å². The molecule has 0 amide bonds. The Hall–Kier alpha value is -0.970. The lowest BCUT2D eigenvalue weighted by Gasteiger charge is -2.28. The molecule has 0 atom stereocenters. The molecule has 1 rings (SSSR count). The van der Waals surface area contributed by atoms with E-state index in [0.29, 0.717) is 16.4 Å². The molecular formula is C10H15ClN2O2. The zero-order valence-corrected chi connectivity index (χ0v) is 9.25. The van der Waals surface area contributed by atoms with E-state index >= 15 is 0 Å². The van der Waals surface area contributed by atoms with E-state index in [4.69, 9.17) is 27.5 Å². The molecule has 0 aliphatic heterocycles. The Bertz CT molecular complexity index is 340. The Morgan fingerprint density at radius 2 is 2.00 bits per heavy atom. The van der Waals surface area contributed by atoms with Crippen LogP contribution in [0.25, 0.3) is 0 Å². The van der Waals surface area contributed by atoms with Gasteiger partial charge in [-0.1, -0.05) is 11.6 Å². The van der Waals surface area contributed by atoms with Crippen molar-refractivity contribution < 1.29 is 10.2 Å². The third kappa shape index (κ3) is 2.99. The molecule has 0 saturated carbocycles. The summed E-state index contributed by atoms with van der Waals surface area (Å²) in [5.41, 5.74) is 6.04. The molecule has 4 nitrogen and oxygen atoms in total. The van der Waals surface area contributed by atoms with Crippen LogP contribution in [0.1, 0.15) is 6.92 Å². The quantitative estimate of drug-likeness (QED) is 0.584. The third-order valence-electron chi connectivity index (χ3n) is 2.15. The molecule has 0 aliphatic rings. The smallest absolute Gasteiger partial charge is 0.0807 e. The number of nitrogen functional groups attached to an aromatic ring is 1. The second-order valence-electron chi connectivity index (χ2n) is 3.73. The summed E-state index contributed by atoms with van der Waals surface area (Å²) >= 11 is 5.81. The maximum absolute atomic E-state index is 9.11. The van der Waals surface area contributed by atoms with Gasteiger partial charge in [-0.3, -0.25) is 0 Å². The Labute approximate surface area is 93.7 Å². The molecule has 5 N–H and O–H groups in total. The van der Waals surface area contributed by atoms with Crippen LogP contribution < -0.4 is 11.1 Å². The highest BCUT2D eigenvalue weighted by atomic mass is 35.5.